The van der Waals surface area contributed by atoms with Crippen molar-refractivity contribution in [3.05, 3.63) is 23.8 Å². The normalized spacial score (nSPS) is 15.3. The highest BCUT2D eigenvalue weighted by atomic mass is 16.5. The van der Waals surface area contributed by atoms with Gasteiger partial charge in [0, 0.05) is 19.1 Å². The highest BCUT2D eigenvalue weighted by molar-refractivity contribution is 5.95. The number of methoxy groups -OCH3 is 1. The molecule has 1 aliphatic heterocycles. The summed E-state index contributed by atoms with van der Waals surface area (Å²) in [5.74, 6) is 0.939. The molecule has 1 aliphatic rings. The molecule has 1 amide bonds. The molecule has 2 N–H and O–H groups in total. The molecule has 0 aliphatic carbocycles. The summed E-state index contributed by atoms with van der Waals surface area (Å²) in [6.07, 6.45) is 0.816. The molecule has 1 aromatic rings. The molecule has 0 fully saturated rings. The number of aliphatic hydroxyl groups is 1. The van der Waals surface area contributed by atoms with Crippen LogP contribution in [0.1, 0.15) is 16.8 Å². The Morgan fingerprint density at radius 1 is 1.40 bits per heavy atom. The Morgan fingerprint density at radius 2 is 2.15 bits per heavy atom. The van der Waals surface area contributed by atoms with Gasteiger partial charge in [-0.15, -0.1) is 0 Å². The first-order valence-electron chi connectivity index (χ1n) is 6.55. The molecule has 0 aromatic heterocycles. The van der Waals surface area contributed by atoms with Crippen LogP contribution in [-0.2, 0) is 4.74 Å². The molecule has 1 aromatic carbocycles. The zero-order valence-corrected chi connectivity index (χ0v) is 11.4. The van der Waals surface area contributed by atoms with E-state index in [4.69, 9.17) is 19.3 Å². The molecule has 1 atom stereocenters. The van der Waals surface area contributed by atoms with Crippen LogP contribution in [0.2, 0.25) is 0 Å². The zero-order chi connectivity index (χ0) is 14.4. The minimum atomic E-state index is -0.427. The summed E-state index contributed by atoms with van der Waals surface area (Å²) in [5.41, 5.74) is 0.462. The Balaban J connectivity index is 2.08. The van der Waals surface area contributed by atoms with E-state index in [-0.39, 0.29) is 19.1 Å². The monoisotopic (exact) mass is 281 g/mol. The molecule has 2 rings (SSSR count). The van der Waals surface area contributed by atoms with Crippen LogP contribution in [0.3, 0.4) is 0 Å². The third-order valence-electron chi connectivity index (χ3n) is 2.93. The second-order valence-electron chi connectivity index (χ2n) is 4.52. The molecule has 0 spiro atoms. The van der Waals surface area contributed by atoms with Gasteiger partial charge >= 0.3 is 0 Å². The number of benzene rings is 1. The van der Waals surface area contributed by atoms with Crippen molar-refractivity contribution in [1.82, 2.24) is 5.32 Å². The SMILES string of the molecule is COCC(CO)NC(=O)c1ccc2c(c1)OCCCO2. The van der Waals surface area contributed by atoms with Gasteiger partial charge < -0.3 is 24.6 Å². The lowest BCUT2D eigenvalue weighted by Gasteiger charge is -2.16. The summed E-state index contributed by atoms with van der Waals surface area (Å²) in [5, 5.41) is 11.8. The van der Waals surface area contributed by atoms with Crippen LogP contribution in [-0.4, -0.2) is 50.6 Å². The molecule has 0 radical (unpaired) electrons. The fourth-order valence-corrected chi connectivity index (χ4v) is 1.91. The number of ether oxygens (including phenoxy) is 3. The molecule has 0 saturated heterocycles. The largest absolute Gasteiger partial charge is 0.490 e. The fourth-order valence-electron chi connectivity index (χ4n) is 1.91. The van der Waals surface area contributed by atoms with Crippen LogP contribution in [0.5, 0.6) is 11.5 Å². The predicted octanol–water partition coefficient (Wildman–Crippen LogP) is 0.585. The Bertz CT molecular complexity index is 463. The molecule has 0 saturated carbocycles. The number of hydrogen-bond donors (Lipinski definition) is 2. The predicted molar refractivity (Wildman–Crippen MR) is 72.3 cm³/mol. The maximum Gasteiger partial charge on any atom is 0.251 e. The van der Waals surface area contributed by atoms with Gasteiger partial charge in [-0.2, -0.15) is 0 Å². The smallest absolute Gasteiger partial charge is 0.251 e. The lowest BCUT2D eigenvalue weighted by Crippen LogP contribution is -2.40. The molecule has 1 heterocycles. The Morgan fingerprint density at radius 3 is 2.85 bits per heavy atom. The number of aliphatic hydroxyl groups excluding tert-OH is 1. The minimum absolute atomic E-state index is 0.176. The molecule has 1 unspecified atom stereocenters. The summed E-state index contributed by atoms with van der Waals surface area (Å²) < 4.78 is 16.0. The van der Waals surface area contributed by atoms with Crippen molar-refractivity contribution in [3.8, 4) is 11.5 Å². The molecule has 6 nitrogen and oxygen atoms in total. The van der Waals surface area contributed by atoms with Gasteiger partial charge in [0.1, 0.15) is 0 Å². The lowest BCUT2D eigenvalue weighted by molar-refractivity contribution is 0.0839. The summed E-state index contributed by atoms with van der Waals surface area (Å²) in [6, 6.07) is 4.62. The number of nitrogens with one attached hydrogen (secondary N) is 1. The van der Waals surface area contributed by atoms with Crippen LogP contribution < -0.4 is 14.8 Å². The molecule has 6 heteroatoms. The summed E-state index contributed by atoms with van der Waals surface area (Å²) >= 11 is 0. The van der Waals surface area contributed by atoms with Crippen molar-refractivity contribution in [1.29, 1.82) is 0 Å². The third-order valence-corrected chi connectivity index (χ3v) is 2.93. The first-order chi connectivity index (χ1) is 9.74. The molecule has 110 valence electrons. The van der Waals surface area contributed by atoms with Gasteiger partial charge in [0.25, 0.3) is 5.91 Å². The second-order valence-corrected chi connectivity index (χ2v) is 4.52. The summed E-state index contributed by atoms with van der Waals surface area (Å²) in [4.78, 5) is 12.1. The van der Waals surface area contributed by atoms with Crippen molar-refractivity contribution < 1.29 is 24.1 Å². The highest BCUT2D eigenvalue weighted by Gasteiger charge is 2.16. The van der Waals surface area contributed by atoms with Crippen molar-refractivity contribution >= 4 is 5.91 Å². The van der Waals surface area contributed by atoms with E-state index in [1.807, 2.05) is 0 Å². The van der Waals surface area contributed by atoms with Gasteiger partial charge in [-0.25, -0.2) is 0 Å². The number of carbonyl (C=O) groups is 1. The quantitative estimate of drug-likeness (QED) is 0.826. The van der Waals surface area contributed by atoms with E-state index >= 15 is 0 Å². The van der Waals surface area contributed by atoms with Crippen molar-refractivity contribution in [2.45, 2.75) is 12.5 Å². The summed E-state index contributed by atoms with van der Waals surface area (Å²) in [6.45, 7) is 1.26. The third kappa shape index (κ3) is 3.61. The maximum absolute atomic E-state index is 12.1. The Labute approximate surface area is 117 Å². The van der Waals surface area contributed by atoms with Crippen molar-refractivity contribution in [2.24, 2.45) is 0 Å². The minimum Gasteiger partial charge on any atom is -0.490 e. The fraction of sp³-hybridized carbons (Fsp3) is 0.500. The van der Waals surface area contributed by atoms with Crippen molar-refractivity contribution in [3.63, 3.8) is 0 Å². The van der Waals surface area contributed by atoms with Crippen LogP contribution >= 0.6 is 0 Å². The van der Waals surface area contributed by atoms with Gasteiger partial charge in [-0.1, -0.05) is 0 Å². The van der Waals surface area contributed by atoms with Crippen LogP contribution in [0.15, 0.2) is 18.2 Å². The summed E-state index contributed by atoms with van der Waals surface area (Å²) in [7, 11) is 1.52. The molecule has 0 bridgehead atoms. The van der Waals surface area contributed by atoms with E-state index in [0.717, 1.165) is 6.42 Å². The van der Waals surface area contributed by atoms with Crippen LogP contribution in [0.25, 0.3) is 0 Å². The Hall–Kier alpha value is -1.79. The van der Waals surface area contributed by atoms with Gasteiger partial charge in [-0.05, 0) is 18.2 Å². The standard InChI is InChI=1S/C14H19NO5/c1-18-9-11(8-16)15-14(17)10-3-4-12-13(7-10)20-6-2-5-19-12/h3-4,7,11,16H,2,5-6,8-9H2,1H3,(H,15,17). The van der Waals surface area contributed by atoms with E-state index in [1.54, 1.807) is 18.2 Å². The topological polar surface area (TPSA) is 77.0 Å². The van der Waals surface area contributed by atoms with Gasteiger partial charge in [0.05, 0.1) is 32.5 Å². The lowest BCUT2D eigenvalue weighted by atomic mass is 10.1. The number of carbonyl (C=O) groups excluding carboxylic acids is 1. The van der Waals surface area contributed by atoms with E-state index in [1.165, 1.54) is 7.11 Å². The van der Waals surface area contributed by atoms with E-state index in [0.29, 0.717) is 30.3 Å². The number of hydrogen-bond acceptors (Lipinski definition) is 5. The number of fused-ring (bicyclic) bond motifs is 1. The molecular weight excluding hydrogens is 262 g/mol. The van der Waals surface area contributed by atoms with E-state index < -0.39 is 6.04 Å². The van der Waals surface area contributed by atoms with Crippen LogP contribution in [0.4, 0.5) is 0 Å². The number of rotatable bonds is 5. The van der Waals surface area contributed by atoms with E-state index in [9.17, 15) is 4.79 Å². The Kier molecular flexibility index (Phi) is 5.20. The van der Waals surface area contributed by atoms with Gasteiger partial charge in [-0.3, -0.25) is 4.79 Å². The first-order valence-corrected chi connectivity index (χ1v) is 6.55. The zero-order valence-electron chi connectivity index (χ0n) is 11.4. The van der Waals surface area contributed by atoms with Crippen LogP contribution in [0, 0.1) is 0 Å². The highest BCUT2D eigenvalue weighted by Crippen LogP contribution is 2.30. The first kappa shape index (κ1) is 14.6. The van der Waals surface area contributed by atoms with Gasteiger partial charge in [0.2, 0.25) is 0 Å². The maximum atomic E-state index is 12.1. The van der Waals surface area contributed by atoms with Gasteiger partial charge in [0.15, 0.2) is 11.5 Å². The van der Waals surface area contributed by atoms with Crippen molar-refractivity contribution in [2.75, 3.05) is 33.5 Å². The average molecular weight is 281 g/mol. The van der Waals surface area contributed by atoms with E-state index in [2.05, 4.69) is 5.32 Å². The average Bonchev–Trinajstić information content (AvgIpc) is 2.71. The second kappa shape index (κ2) is 7.12. The molecule has 20 heavy (non-hydrogen) atoms. The molecular formula is C14H19NO5. The number of amides is 1.